The summed E-state index contributed by atoms with van der Waals surface area (Å²) in [7, 11) is 2.26. The highest BCUT2D eigenvalue weighted by Gasteiger charge is 2.42. The first-order valence-corrected chi connectivity index (χ1v) is 22.6. The van der Waals surface area contributed by atoms with E-state index in [1.807, 2.05) is 0 Å². The number of nitrogens with zero attached hydrogens (tertiary/aromatic N) is 2. The lowest BCUT2D eigenvalue weighted by atomic mass is 9.78. The maximum atomic E-state index is 2.48. The number of benzene rings is 9. The largest absolute Gasteiger partial charge is 0.366 e. The number of likely N-dealkylation sites (N-methyl/N-ethyl adjacent to an activating group) is 1. The van der Waals surface area contributed by atoms with E-state index in [1.54, 1.807) is 0 Å². The van der Waals surface area contributed by atoms with Gasteiger partial charge in [-0.25, -0.2) is 0 Å². The van der Waals surface area contributed by atoms with Crippen LogP contribution in [0.2, 0.25) is 0 Å². The summed E-state index contributed by atoms with van der Waals surface area (Å²) in [4.78, 5) is 4.90. The zero-order chi connectivity index (χ0) is 42.9. The molecule has 2 nitrogen and oxygen atoms in total. The molecule has 0 bridgehead atoms. The first kappa shape index (κ1) is 38.0. The number of hydrogen-bond donors (Lipinski definition) is 0. The summed E-state index contributed by atoms with van der Waals surface area (Å²) in [6, 6.07) is 78.8. The van der Waals surface area contributed by atoms with E-state index in [-0.39, 0.29) is 17.4 Å². The minimum Gasteiger partial charge on any atom is -0.366 e. The van der Waals surface area contributed by atoms with Crippen LogP contribution in [0.4, 0.5) is 17.1 Å². The molecular weight excluding hydrogens is 773 g/mol. The average molecular weight is 821 g/mol. The maximum Gasteiger partial charge on any atom is 0.0583 e. The molecule has 0 fully saturated rings. The van der Waals surface area contributed by atoms with Gasteiger partial charge in [-0.2, -0.15) is 0 Å². The van der Waals surface area contributed by atoms with Crippen molar-refractivity contribution in [2.75, 3.05) is 11.9 Å². The molecule has 0 aromatic heterocycles. The third-order valence-electron chi connectivity index (χ3n) is 14.3. The fraction of sp³-hybridized carbons (Fsp3) is 0.0968. The smallest absolute Gasteiger partial charge is 0.0583 e. The standard InChI is InChI=1S/C62H48N2/c1-62(2)56-23-12-11-21-54(56)55-38-37-50(40-57(55)62)64(49-35-30-45(31-36-49)52-22-13-18-43-14-7-9-19-51(43)52)48-33-28-42(29-34-48)41-24-26-46(27-25-41)59-60-53-20-10-8-15-44(53)32-39-58(60)63(3)61(59)47-16-5-4-6-17-47/h4-40,58,60H,1-3H3. The normalized spacial score (nSPS) is 16.6. The van der Waals surface area contributed by atoms with Crippen molar-refractivity contribution in [2.24, 2.45) is 0 Å². The fourth-order valence-electron chi connectivity index (χ4n) is 11.1. The quantitative estimate of drug-likeness (QED) is 0.158. The van der Waals surface area contributed by atoms with Crippen molar-refractivity contribution >= 4 is 45.2 Å². The molecule has 2 heteroatoms. The van der Waals surface area contributed by atoms with Crippen molar-refractivity contribution in [1.82, 2.24) is 4.90 Å². The summed E-state index contributed by atoms with van der Waals surface area (Å²) in [6.45, 7) is 4.72. The summed E-state index contributed by atoms with van der Waals surface area (Å²) in [5, 5.41) is 2.52. The lowest BCUT2D eigenvalue weighted by Crippen LogP contribution is -2.29. The van der Waals surface area contributed by atoms with Gasteiger partial charge in [0.2, 0.25) is 0 Å². The molecule has 1 heterocycles. The predicted molar refractivity (Wildman–Crippen MR) is 270 cm³/mol. The lowest BCUT2D eigenvalue weighted by Gasteiger charge is -2.30. The molecule has 2 unspecified atom stereocenters. The van der Waals surface area contributed by atoms with Crippen LogP contribution in [-0.4, -0.2) is 18.0 Å². The molecule has 64 heavy (non-hydrogen) atoms. The zero-order valence-electron chi connectivity index (χ0n) is 36.4. The van der Waals surface area contributed by atoms with E-state index in [1.165, 1.54) is 88.8 Å². The molecule has 0 saturated heterocycles. The Morgan fingerprint density at radius 1 is 0.453 bits per heavy atom. The van der Waals surface area contributed by atoms with Gasteiger partial charge in [-0.05, 0) is 120 Å². The van der Waals surface area contributed by atoms with Gasteiger partial charge < -0.3 is 9.80 Å². The number of rotatable bonds is 7. The van der Waals surface area contributed by atoms with Crippen molar-refractivity contribution in [3.05, 3.63) is 252 Å². The summed E-state index contributed by atoms with van der Waals surface area (Å²) >= 11 is 0. The lowest BCUT2D eigenvalue weighted by molar-refractivity contribution is 0.409. The van der Waals surface area contributed by atoms with Gasteiger partial charge in [-0.1, -0.05) is 202 Å². The molecule has 9 aromatic carbocycles. The molecule has 1 aliphatic heterocycles. The molecule has 0 spiro atoms. The molecule has 9 aromatic rings. The van der Waals surface area contributed by atoms with Crippen LogP contribution in [0.25, 0.3) is 61.5 Å². The van der Waals surface area contributed by atoms with Crippen molar-refractivity contribution < 1.29 is 0 Å². The minimum absolute atomic E-state index is 0.106. The Balaban J connectivity index is 0.919. The summed E-state index contributed by atoms with van der Waals surface area (Å²) in [5.41, 5.74) is 21.5. The van der Waals surface area contributed by atoms with Gasteiger partial charge in [0.15, 0.2) is 0 Å². The number of anilines is 3. The Morgan fingerprint density at radius 2 is 1.03 bits per heavy atom. The van der Waals surface area contributed by atoms with Crippen LogP contribution in [0, 0.1) is 0 Å². The van der Waals surface area contributed by atoms with E-state index in [0.29, 0.717) is 0 Å². The van der Waals surface area contributed by atoms with Gasteiger partial charge >= 0.3 is 0 Å². The van der Waals surface area contributed by atoms with Crippen molar-refractivity contribution in [3.63, 3.8) is 0 Å². The Hall–Kier alpha value is -7.68. The molecule has 2 aliphatic carbocycles. The molecule has 12 rings (SSSR count). The number of fused-ring (bicyclic) bond motifs is 7. The minimum atomic E-state index is -0.106. The van der Waals surface area contributed by atoms with Crippen LogP contribution in [0.5, 0.6) is 0 Å². The third-order valence-corrected chi connectivity index (χ3v) is 14.3. The maximum absolute atomic E-state index is 2.48. The average Bonchev–Trinajstić information content (AvgIpc) is 3.78. The first-order chi connectivity index (χ1) is 31.4. The highest BCUT2D eigenvalue weighted by atomic mass is 15.2. The van der Waals surface area contributed by atoms with Crippen molar-refractivity contribution in [3.8, 4) is 33.4 Å². The van der Waals surface area contributed by atoms with Gasteiger partial charge in [-0.3, -0.25) is 0 Å². The molecular formula is C62H48N2. The van der Waals surface area contributed by atoms with Gasteiger partial charge in [0, 0.05) is 41.1 Å². The number of hydrogen-bond acceptors (Lipinski definition) is 2. The van der Waals surface area contributed by atoms with E-state index in [2.05, 4.69) is 255 Å². The van der Waals surface area contributed by atoms with Gasteiger partial charge in [-0.15, -0.1) is 0 Å². The van der Waals surface area contributed by atoms with Crippen LogP contribution < -0.4 is 4.90 Å². The molecule has 3 aliphatic rings. The predicted octanol–water partition coefficient (Wildman–Crippen LogP) is 15.9. The third kappa shape index (κ3) is 6.08. The van der Waals surface area contributed by atoms with E-state index in [0.717, 1.165) is 17.1 Å². The Morgan fingerprint density at radius 3 is 1.81 bits per heavy atom. The first-order valence-electron chi connectivity index (χ1n) is 22.6. The molecule has 2 atom stereocenters. The Kier molecular flexibility index (Phi) is 8.91. The molecule has 0 radical (unpaired) electrons. The summed E-state index contributed by atoms with van der Waals surface area (Å²) in [5.74, 6) is 0.248. The van der Waals surface area contributed by atoms with Crippen molar-refractivity contribution in [2.45, 2.75) is 31.2 Å². The topological polar surface area (TPSA) is 6.48 Å². The SMILES string of the molecule is CN1C(c2ccccc2)=C(c2ccc(-c3ccc(N(c4ccc(-c5cccc6ccccc56)cc4)c4ccc5c(c4)C(C)(C)c4ccccc4-5)cc3)cc2)C2c3ccccc3C=CC21. The van der Waals surface area contributed by atoms with Crippen molar-refractivity contribution in [1.29, 1.82) is 0 Å². The van der Waals surface area contributed by atoms with Crippen LogP contribution >= 0.6 is 0 Å². The second kappa shape index (κ2) is 15.0. The fourth-order valence-corrected chi connectivity index (χ4v) is 11.1. The second-order valence-corrected chi connectivity index (χ2v) is 18.1. The van der Waals surface area contributed by atoms with Crippen LogP contribution in [-0.2, 0) is 5.41 Å². The van der Waals surface area contributed by atoms with E-state index in [9.17, 15) is 0 Å². The van der Waals surface area contributed by atoms with E-state index < -0.39 is 0 Å². The Bertz CT molecular complexity index is 3290. The second-order valence-electron chi connectivity index (χ2n) is 18.1. The summed E-state index contributed by atoms with van der Waals surface area (Å²) in [6.07, 6.45) is 4.70. The monoisotopic (exact) mass is 820 g/mol. The zero-order valence-corrected chi connectivity index (χ0v) is 36.4. The van der Waals surface area contributed by atoms with Gasteiger partial charge in [0.25, 0.3) is 0 Å². The molecule has 0 saturated carbocycles. The van der Waals surface area contributed by atoms with Gasteiger partial charge in [0.05, 0.1) is 6.04 Å². The molecule has 306 valence electrons. The van der Waals surface area contributed by atoms with Crippen LogP contribution in [0.3, 0.4) is 0 Å². The van der Waals surface area contributed by atoms with Crippen LogP contribution in [0.15, 0.2) is 218 Å². The van der Waals surface area contributed by atoms with Gasteiger partial charge in [0.1, 0.15) is 0 Å². The Labute approximate surface area is 376 Å². The summed E-state index contributed by atoms with van der Waals surface area (Å²) < 4.78 is 0. The van der Waals surface area contributed by atoms with Crippen LogP contribution in [0.1, 0.15) is 53.1 Å². The molecule has 0 N–H and O–H groups in total. The van der Waals surface area contributed by atoms with E-state index in [4.69, 9.17) is 0 Å². The molecule has 0 amide bonds. The highest BCUT2D eigenvalue weighted by Crippen LogP contribution is 2.53. The van der Waals surface area contributed by atoms with E-state index >= 15 is 0 Å². The highest BCUT2D eigenvalue weighted by molar-refractivity contribution is 5.99.